The van der Waals surface area contributed by atoms with E-state index in [1.165, 1.54) is 13.2 Å². The summed E-state index contributed by atoms with van der Waals surface area (Å²) >= 11 is 0. The van der Waals surface area contributed by atoms with Crippen LogP contribution in [-0.2, 0) is 4.74 Å². The summed E-state index contributed by atoms with van der Waals surface area (Å²) in [7, 11) is 2.91. The minimum Gasteiger partial charge on any atom is -0.490 e. The van der Waals surface area contributed by atoms with Crippen LogP contribution in [0.15, 0.2) is 12.1 Å². The molecule has 0 aliphatic rings. The Bertz CT molecular complexity index is 457. The number of hydrogen-bond acceptors (Lipinski definition) is 6. The zero-order valence-corrected chi connectivity index (χ0v) is 11.4. The van der Waals surface area contributed by atoms with Crippen LogP contribution >= 0.6 is 0 Å². The Labute approximate surface area is 116 Å². The van der Waals surface area contributed by atoms with Crippen molar-refractivity contribution >= 4 is 11.4 Å². The normalized spacial score (nSPS) is 10.3. The van der Waals surface area contributed by atoms with E-state index in [9.17, 15) is 14.5 Å². The molecule has 2 N–H and O–H groups in total. The molecule has 20 heavy (non-hydrogen) atoms. The lowest BCUT2D eigenvalue weighted by Crippen LogP contribution is -2.25. The second-order valence-corrected chi connectivity index (χ2v) is 3.93. The monoisotopic (exact) mass is 287 g/mol. The first-order chi connectivity index (χ1) is 9.60. The minimum absolute atomic E-state index is 0.0197. The predicted molar refractivity (Wildman–Crippen MR) is 72.8 cm³/mol. The maximum atomic E-state index is 13.7. The fourth-order valence-electron chi connectivity index (χ4n) is 1.57. The van der Waals surface area contributed by atoms with Gasteiger partial charge in [-0.2, -0.15) is 0 Å². The summed E-state index contributed by atoms with van der Waals surface area (Å²) in [6, 6.07) is 2.13. The number of benzene rings is 1. The van der Waals surface area contributed by atoms with Crippen LogP contribution in [0.5, 0.6) is 5.75 Å². The molecule has 0 fully saturated rings. The van der Waals surface area contributed by atoms with Crippen molar-refractivity contribution in [3.8, 4) is 5.75 Å². The number of nitro benzene ring substituents is 1. The van der Waals surface area contributed by atoms with Gasteiger partial charge >= 0.3 is 5.69 Å². The highest BCUT2D eigenvalue weighted by Gasteiger charge is 2.18. The van der Waals surface area contributed by atoms with E-state index in [1.54, 1.807) is 7.11 Å². The smallest absolute Gasteiger partial charge is 0.313 e. The summed E-state index contributed by atoms with van der Waals surface area (Å²) in [6.07, 6.45) is 0. The van der Waals surface area contributed by atoms with Gasteiger partial charge in [-0.3, -0.25) is 10.1 Å². The van der Waals surface area contributed by atoms with Gasteiger partial charge in [0.05, 0.1) is 30.4 Å². The van der Waals surface area contributed by atoms with E-state index in [0.717, 1.165) is 6.07 Å². The van der Waals surface area contributed by atoms with Gasteiger partial charge in [0.2, 0.25) is 0 Å². The van der Waals surface area contributed by atoms with Crippen LogP contribution in [0.2, 0.25) is 0 Å². The highest BCUT2D eigenvalue weighted by atomic mass is 19.1. The molecule has 0 heterocycles. The molecule has 0 aliphatic heterocycles. The number of hydrogen-bond donors (Lipinski definition) is 2. The van der Waals surface area contributed by atoms with E-state index < -0.39 is 16.4 Å². The highest BCUT2D eigenvalue weighted by molar-refractivity contribution is 5.59. The van der Waals surface area contributed by atoms with Crippen molar-refractivity contribution in [3.05, 3.63) is 28.1 Å². The van der Waals surface area contributed by atoms with Crippen molar-refractivity contribution in [1.29, 1.82) is 0 Å². The first kappa shape index (κ1) is 16.1. The Balaban J connectivity index is 2.60. The zero-order valence-electron chi connectivity index (χ0n) is 11.4. The van der Waals surface area contributed by atoms with E-state index in [0.29, 0.717) is 26.2 Å². The van der Waals surface area contributed by atoms with Crippen molar-refractivity contribution in [2.45, 2.75) is 0 Å². The SMILES string of the molecule is COCCNCCNc1cc(OC)c([N+](=O)[O-])cc1F. The first-order valence-electron chi connectivity index (χ1n) is 6.05. The van der Waals surface area contributed by atoms with Gasteiger partial charge in [0.25, 0.3) is 0 Å². The Morgan fingerprint density at radius 1 is 1.30 bits per heavy atom. The number of nitro groups is 1. The van der Waals surface area contributed by atoms with Crippen molar-refractivity contribution in [1.82, 2.24) is 5.32 Å². The molecule has 0 amide bonds. The summed E-state index contributed by atoms with van der Waals surface area (Å²) in [5.74, 6) is -0.666. The number of methoxy groups -OCH3 is 2. The van der Waals surface area contributed by atoms with Crippen LogP contribution in [0.4, 0.5) is 15.8 Å². The molecule has 0 bridgehead atoms. The minimum atomic E-state index is -0.686. The lowest BCUT2D eigenvalue weighted by molar-refractivity contribution is -0.385. The molecule has 8 heteroatoms. The highest BCUT2D eigenvalue weighted by Crippen LogP contribution is 2.32. The first-order valence-corrected chi connectivity index (χ1v) is 6.05. The summed E-state index contributed by atoms with van der Waals surface area (Å²) < 4.78 is 23.4. The predicted octanol–water partition coefficient (Wildman–Crippen LogP) is 1.39. The fraction of sp³-hybridized carbons (Fsp3) is 0.500. The molecule has 112 valence electrons. The maximum Gasteiger partial charge on any atom is 0.313 e. The number of anilines is 1. The van der Waals surface area contributed by atoms with Crippen LogP contribution in [0.3, 0.4) is 0 Å². The van der Waals surface area contributed by atoms with Crippen molar-refractivity contribution in [2.75, 3.05) is 45.8 Å². The maximum absolute atomic E-state index is 13.7. The number of halogens is 1. The van der Waals surface area contributed by atoms with Crippen molar-refractivity contribution in [3.63, 3.8) is 0 Å². The van der Waals surface area contributed by atoms with Gasteiger partial charge in [0.1, 0.15) is 0 Å². The molecule has 0 saturated carbocycles. The third-order valence-electron chi connectivity index (χ3n) is 2.57. The number of nitrogens with one attached hydrogen (secondary N) is 2. The topological polar surface area (TPSA) is 85.7 Å². The molecule has 1 aromatic carbocycles. The van der Waals surface area contributed by atoms with Crippen molar-refractivity contribution in [2.24, 2.45) is 0 Å². The molecular formula is C12H18FN3O4. The molecule has 0 unspecified atom stereocenters. The van der Waals surface area contributed by atoms with Gasteiger partial charge in [0.15, 0.2) is 11.6 Å². The van der Waals surface area contributed by atoms with E-state index in [2.05, 4.69) is 10.6 Å². The van der Waals surface area contributed by atoms with Gasteiger partial charge in [-0.15, -0.1) is 0 Å². The summed E-state index contributed by atoms with van der Waals surface area (Å²) in [5.41, 5.74) is -0.227. The molecule has 0 aromatic heterocycles. The molecule has 0 radical (unpaired) electrons. The molecule has 0 spiro atoms. The lowest BCUT2D eigenvalue weighted by Gasteiger charge is -2.10. The fourth-order valence-corrected chi connectivity index (χ4v) is 1.57. The average Bonchev–Trinajstić information content (AvgIpc) is 2.43. The average molecular weight is 287 g/mol. The summed E-state index contributed by atoms with van der Waals surface area (Å²) in [5, 5.41) is 16.7. The van der Waals surface area contributed by atoms with Crippen molar-refractivity contribution < 1.29 is 18.8 Å². The third kappa shape index (κ3) is 4.63. The molecule has 0 saturated heterocycles. The second kappa shape index (κ2) is 8.28. The number of nitrogens with zero attached hydrogens (tertiary/aromatic N) is 1. The van der Waals surface area contributed by atoms with Crippen LogP contribution in [0.25, 0.3) is 0 Å². The van der Waals surface area contributed by atoms with Gasteiger partial charge in [-0.25, -0.2) is 4.39 Å². The molecule has 7 nitrogen and oxygen atoms in total. The number of rotatable bonds is 9. The largest absolute Gasteiger partial charge is 0.490 e. The summed E-state index contributed by atoms with van der Waals surface area (Å²) in [6.45, 7) is 2.38. The second-order valence-electron chi connectivity index (χ2n) is 3.93. The van der Waals surface area contributed by atoms with Gasteiger partial charge < -0.3 is 20.1 Å². The molecule has 0 aliphatic carbocycles. The molecule has 1 aromatic rings. The molecule has 1 rings (SSSR count). The zero-order chi connectivity index (χ0) is 15.0. The summed E-state index contributed by atoms with van der Waals surface area (Å²) in [4.78, 5) is 10.0. The van der Waals surface area contributed by atoms with Gasteiger partial charge in [-0.05, 0) is 0 Å². The van der Waals surface area contributed by atoms with Gasteiger partial charge in [-0.1, -0.05) is 0 Å². The van der Waals surface area contributed by atoms with E-state index in [4.69, 9.17) is 9.47 Å². The van der Waals surface area contributed by atoms with Crippen LogP contribution in [0, 0.1) is 15.9 Å². The lowest BCUT2D eigenvalue weighted by atomic mass is 10.2. The van der Waals surface area contributed by atoms with Crippen LogP contribution in [-0.4, -0.2) is 45.4 Å². The Kier molecular flexibility index (Phi) is 6.68. The molecular weight excluding hydrogens is 269 g/mol. The number of ether oxygens (including phenoxy) is 2. The van der Waals surface area contributed by atoms with E-state index in [1.807, 2.05) is 0 Å². The Morgan fingerprint density at radius 3 is 2.65 bits per heavy atom. The Hall–Kier alpha value is -1.93. The van der Waals surface area contributed by atoms with Crippen LogP contribution in [0.1, 0.15) is 0 Å². The quantitative estimate of drug-likeness (QED) is 0.405. The van der Waals surface area contributed by atoms with Gasteiger partial charge in [0, 0.05) is 32.8 Å². The third-order valence-corrected chi connectivity index (χ3v) is 2.57. The molecule has 0 atom stereocenters. The van der Waals surface area contributed by atoms with E-state index >= 15 is 0 Å². The van der Waals surface area contributed by atoms with E-state index in [-0.39, 0.29) is 11.4 Å². The van der Waals surface area contributed by atoms with Crippen LogP contribution < -0.4 is 15.4 Å². The standard InChI is InChI=1S/C12H18FN3O4/c1-19-6-5-14-3-4-15-10-8-12(20-2)11(16(17)18)7-9(10)13/h7-8,14-15H,3-6H2,1-2H3. The Morgan fingerprint density at radius 2 is 2.05 bits per heavy atom.